The van der Waals surface area contributed by atoms with Gasteiger partial charge in [-0.3, -0.25) is 0 Å². The van der Waals surface area contributed by atoms with Crippen LogP contribution in [0.2, 0.25) is 0 Å². The second kappa shape index (κ2) is 11.8. The third-order valence-electron chi connectivity index (χ3n) is 5.85. The van der Waals surface area contributed by atoms with Crippen molar-refractivity contribution in [2.45, 2.75) is 45.1 Å². The van der Waals surface area contributed by atoms with Gasteiger partial charge >= 0.3 is 5.97 Å². The molecule has 4 rings (SSSR count). The van der Waals surface area contributed by atoms with E-state index in [9.17, 15) is 4.79 Å². The molecule has 1 aliphatic heterocycles. The van der Waals surface area contributed by atoms with Gasteiger partial charge in [-0.05, 0) is 16.7 Å². The van der Waals surface area contributed by atoms with Crippen molar-refractivity contribution >= 4 is 5.97 Å². The number of rotatable bonds is 10. The van der Waals surface area contributed by atoms with E-state index in [4.69, 9.17) is 18.9 Å². The molecule has 33 heavy (non-hydrogen) atoms. The van der Waals surface area contributed by atoms with Gasteiger partial charge in [-0.2, -0.15) is 0 Å². The number of esters is 1. The van der Waals surface area contributed by atoms with E-state index in [-0.39, 0.29) is 5.92 Å². The van der Waals surface area contributed by atoms with Gasteiger partial charge < -0.3 is 18.9 Å². The summed E-state index contributed by atoms with van der Waals surface area (Å²) in [6.45, 7) is 3.50. The summed E-state index contributed by atoms with van der Waals surface area (Å²) in [6.07, 6.45) is -1.65. The van der Waals surface area contributed by atoms with Gasteiger partial charge in [0.05, 0.1) is 26.4 Å². The summed E-state index contributed by atoms with van der Waals surface area (Å²) in [4.78, 5) is 12.9. The van der Waals surface area contributed by atoms with Crippen molar-refractivity contribution in [2.24, 2.45) is 5.92 Å². The lowest BCUT2D eigenvalue weighted by Crippen LogP contribution is -2.54. The van der Waals surface area contributed by atoms with Crippen LogP contribution in [0.15, 0.2) is 91.0 Å². The molecule has 0 amide bonds. The number of hydrogen-bond donors (Lipinski definition) is 0. The molecule has 1 aliphatic rings. The lowest BCUT2D eigenvalue weighted by atomic mass is 9.91. The first-order chi connectivity index (χ1) is 16.2. The second-order valence-corrected chi connectivity index (χ2v) is 8.31. The zero-order valence-corrected chi connectivity index (χ0v) is 18.8. The molecule has 0 aromatic heterocycles. The van der Waals surface area contributed by atoms with Crippen molar-refractivity contribution in [1.29, 1.82) is 0 Å². The Morgan fingerprint density at radius 1 is 0.697 bits per heavy atom. The van der Waals surface area contributed by atoms with Crippen molar-refractivity contribution in [2.75, 3.05) is 6.61 Å². The van der Waals surface area contributed by atoms with Crippen molar-refractivity contribution in [3.8, 4) is 0 Å². The predicted molar refractivity (Wildman–Crippen MR) is 125 cm³/mol. The van der Waals surface area contributed by atoms with Crippen LogP contribution in [-0.2, 0) is 43.6 Å². The molecule has 1 heterocycles. The number of benzene rings is 3. The lowest BCUT2D eigenvalue weighted by molar-refractivity contribution is -0.213. The molecule has 0 N–H and O–H groups in total. The average Bonchev–Trinajstić information content (AvgIpc) is 2.86. The molecule has 3 aromatic rings. The molecule has 0 bridgehead atoms. The minimum absolute atomic E-state index is 0.0945. The molecule has 0 spiro atoms. The Kier molecular flexibility index (Phi) is 8.25. The Balaban J connectivity index is 1.42. The molecule has 3 aromatic carbocycles. The number of cyclic esters (lactones) is 1. The average molecular weight is 447 g/mol. The van der Waals surface area contributed by atoms with Crippen molar-refractivity contribution in [3.63, 3.8) is 0 Å². The Labute approximate surface area is 195 Å². The van der Waals surface area contributed by atoms with E-state index in [2.05, 4.69) is 0 Å². The molecular formula is C28H30O5. The van der Waals surface area contributed by atoms with Gasteiger partial charge in [-0.25, -0.2) is 4.79 Å². The molecule has 1 saturated heterocycles. The maximum absolute atomic E-state index is 12.9. The third kappa shape index (κ3) is 6.51. The Bertz CT molecular complexity index is 977. The zero-order valence-electron chi connectivity index (χ0n) is 18.8. The summed E-state index contributed by atoms with van der Waals surface area (Å²) in [5, 5.41) is 0. The van der Waals surface area contributed by atoms with Gasteiger partial charge in [0.1, 0.15) is 12.2 Å². The summed E-state index contributed by atoms with van der Waals surface area (Å²) >= 11 is 0. The van der Waals surface area contributed by atoms with Crippen LogP contribution in [0, 0.1) is 5.92 Å². The molecule has 172 valence electrons. The van der Waals surface area contributed by atoms with E-state index in [1.165, 1.54) is 0 Å². The SMILES string of the molecule is C[C@H]1C(OCc2ccccc2)[C@@H](OCc2ccccc2)C(=O)O[C@@H]1COCc1ccccc1. The maximum atomic E-state index is 12.9. The van der Waals surface area contributed by atoms with Crippen molar-refractivity contribution in [3.05, 3.63) is 108 Å². The van der Waals surface area contributed by atoms with Crippen LogP contribution < -0.4 is 0 Å². The van der Waals surface area contributed by atoms with Crippen LogP contribution in [0.1, 0.15) is 23.6 Å². The van der Waals surface area contributed by atoms with Gasteiger partial charge in [-0.1, -0.05) is 97.9 Å². The molecule has 0 saturated carbocycles. The van der Waals surface area contributed by atoms with Crippen LogP contribution in [0.4, 0.5) is 0 Å². The molecule has 1 unspecified atom stereocenters. The van der Waals surface area contributed by atoms with E-state index < -0.39 is 24.3 Å². The molecule has 1 fully saturated rings. The van der Waals surface area contributed by atoms with Crippen LogP contribution >= 0.6 is 0 Å². The molecular weight excluding hydrogens is 416 g/mol. The summed E-state index contributed by atoms with van der Waals surface area (Å²) in [5.41, 5.74) is 3.11. The first-order valence-corrected chi connectivity index (χ1v) is 11.3. The van der Waals surface area contributed by atoms with Gasteiger partial charge in [0.15, 0.2) is 6.10 Å². The van der Waals surface area contributed by atoms with E-state index in [1.54, 1.807) is 0 Å². The zero-order chi connectivity index (χ0) is 22.9. The highest BCUT2D eigenvalue weighted by Gasteiger charge is 2.45. The first-order valence-electron chi connectivity index (χ1n) is 11.3. The quantitative estimate of drug-likeness (QED) is 0.413. The highest BCUT2D eigenvalue weighted by Crippen LogP contribution is 2.29. The summed E-state index contributed by atoms with van der Waals surface area (Å²) in [6, 6.07) is 29.7. The molecule has 5 heteroatoms. The largest absolute Gasteiger partial charge is 0.458 e. The summed E-state index contributed by atoms with van der Waals surface area (Å²) < 4.78 is 23.9. The van der Waals surface area contributed by atoms with E-state index in [0.717, 1.165) is 16.7 Å². The smallest absolute Gasteiger partial charge is 0.338 e. The Morgan fingerprint density at radius 2 is 1.18 bits per heavy atom. The minimum Gasteiger partial charge on any atom is -0.458 e. The topological polar surface area (TPSA) is 54.0 Å². The number of hydrogen-bond acceptors (Lipinski definition) is 5. The van der Waals surface area contributed by atoms with Crippen LogP contribution in [0.3, 0.4) is 0 Å². The summed E-state index contributed by atoms with van der Waals surface area (Å²) in [7, 11) is 0. The Morgan fingerprint density at radius 3 is 1.73 bits per heavy atom. The van der Waals surface area contributed by atoms with Crippen molar-refractivity contribution < 1.29 is 23.7 Å². The van der Waals surface area contributed by atoms with Crippen LogP contribution in [0.25, 0.3) is 0 Å². The van der Waals surface area contributed by atoms with E-state index in [1.807, 2.05) is 97.9 Å². The monoisotopic (exact) mass is 446 g/mol. The maximum Gasteiger partial charge on any atom is 0.338 e. The van der Waals surface area contributed by atoms with Gasteiger partial charge in [0, 0.05) is 5.92 Å². The number of carbonyl (C=O) groups excluding carboxylic acids is 1. The van der Waals surface area contributed by atoms with Gasteiger partial charge in [0.25, 0.3) is 0 Å². The fourth-order valence-electron chi connectivity index (χ4n) is 3.93. The second-order valence-electron chi connectivity index (χ2n) is 8.31. The lowest BCUT2D eigenvalue weighted by Gasteiger charge is -2.39. The standard InChI is InChI=1S/C28H30O5/c1-21-25(20-30-17-22-11-5-2-6-12-22)33-28(29)27(32-19-24-15-9-4-10-16-24)26(21)31-18-23-13-7-3-8-14-23/h2-16,21,25-27H,17-20H2,1H3/t21-,25-,26?,27-/m1/s1. The normalized spacial score (nSPS) is 22.6. The molecule has 4 atom stereocenters. The van der Waals surface area contributed by atoms with Gasteiger partial charge in [-0.15, -0.1) is 0 Å². The third-order valence-corrected chi connectivity index (χ3v) is 5.85. The van der Waals surface area contributed by atoms with E-state index in [0.29, 0.717) is 26.4 Å². The highest BCUT2D eigenvalue weighted by atomic mass is 16.6. The van der Waals surface area contributed by atoms with Crippen LogP contribution in [0.5, 0.6) is 0 Å². The number of carbonyl (C=O) groups is 1. The van der Waals surface area contributed by atoms with E-state index >= 15 is 0 Å². The first kappa shape index (κ1) is 23.2. The fraction of sp³-hybridized carbons (Fsp3) is 0.321. The highest BCUT2D eigenvalue weighted by molar-refractivity contribution is 5.76. The fourth-order valence-corrected chi connectivity index (χ4v) is 3.93. The van der Waals surface area contributed by atoms with Crippen molar-refractivity contribution in [1.82, 2.24) is 0 Å². The Hall–Kier alpha value is -2.99. The van der Waals surface area contributed by atoms with Gasteiger partial charge in [0.2, 0.25) is 0 Å². The van der Waals surface area contributed by atoms with Crippen LogP contribution in [-0.4, -0.2) is 30.9 Å². The molecule has 0 aliphatic carbocycles. The minimum atomic E-state index is -0.797. The number of ether oxygens (including phenoxy) is 4. The summed E-state index contributed by atoms with van der Waals surface area (Å²) in [5.74, 6) is -0.502. The molecule has 5 nitrogen and oxygen atoms in total. The predicted octanol–water partition coefficient (Wildman–Crippen LogP) is 4.94. The molecule has 0 radical (unpaired) electrons.